The summed E-state index contributed by atoms with van der Waals surface area (Å²) in [5.74, 6) is -4.21. The highest BCUT2D eigenvalue weighted by atomic mass is 32.2. The number of aromatic nitrogens is 2. The lowest BCUT2D eigenvalue weighted by Crippen LogP contribution is -2.28. The number of hydrogen-bond donors (Lipinski definition) is 0. The predicted molar refractivity (Wildman–Crippen MR) is 78.9 cm³/mol. The zero-order chi connectivity index (χ0) is 18.8. The highest BCUT2D eigenvalue weighted by Gasteiger charge is 2.26. The van der Waals surface area contributed by atoms with E-state index in [-0.39, 0.29) is 17.9 Å². The smallest absolute Gasteiger partial charge is 0.334 e. The Kier molecular flexibility index (Phi) is 5.45. The predicted octanol–water partition coefficient (Wildman–Crippen LogP) is 2.55. The number of rotatable bonds is 6. The van der Waals surface area contributed by atoms with Gasteiger partial charge in [0.05, 0.1) is 11.4 Å². The summed E-state index contributed by atoms with van der Waals surface area (Å²) in [4.78, 5) is 16.5. The van der Waals surface area contributed by atoms with Gasteiger partial charge in [0.25, 0.3) is 5.91 Å². The third kappa shape index (κ3) is 3.98. The Morgan fingerprint density at radius 3 is 2.32 bits per heavy atom. The largest absolute Gasteiger partial charge is 0.341 e. The number of nitrogens with zero attached hydrogens (tertiary/aromatic N) is 3. The molecule has 0 bridgehead atoms. The molecule has 2 aromatic rings. The molecule has 11 heteroatoms. The first-order valence-electron chi connectivity index (χ1n) is 6.82. The minimum Gasteiger partial charge on any atom is -0.334 e. The van der Waals surface area contributed by atoms with Gasteiger partial charge in [-0.05, 0) is 24.3 Å². The SMILES string of the molecule is CN(Cc1nccn1C(F)F)C(=O)c1ccc(S(=O)(=O)C(F)F)cc1. The molecule has 0 atom stereocenters. The summed E-state index contributed by atoms with van der Waals surface area (Å²) in [5, 5.41) is 0. The first kappa shape index (κ1) is 18.9. The summed E-state index contributed by atoms with van der Waals surface area (Å²) in [6.45, 7) is -3.02. The van der Waals surface area contributed by atoms with Crippen LogP contribution < -0.4 is 0 Å². The number of hydrogen-bond acceptors (Lipinski definition) is 4. The van der Waals surface area contributed by atoms with E-state index < -0.39 is 32.9 Å². The molecule has 0 aliphatic heterocycles. The maximum absolute atomic E-state index is 12.8. The number of amides is 1. The molecule has 0 saturated heterocycles. The maximum atomic E-state index is 12.8. The fraction of sp³-hybridized carbons (Fsp3) is 0.286. The van der Waals surface area contributed by atoms with E-state index in [1.54, 1.807) is 0 Å². The lowest BCUT2D eigenvalue weighted by molar-refractivity contribution is 0.0612. The van der Waals surface area contributed by atoms with Gasteiger partial charge < -0.3 is 4.90 Å². The Labute approximate surface area is 140 Å². The van der Waals surface area contributed by atoms with E-state index in [4.69, 9.17) is 0 Å². The summed E-state index contributed by atoms with van der Waals surface area (Å²) in [5.41, 5.74) is 0.0193. The molecule has 1 aromatic heterocycles. The summed E-state index contributed by atoms with van der Waals surface area (Å²) in [6, 6.07) is 3.94. The van der Waals surface area contributed by atoms with Gasteiger partial charge in [0, 0.05) is 25.0 Å². The van der Waals surface area contributed by atoms with Gasteiger partial charge in [-0.3, -0.25) is 9.36 Å². The molecule has 0 spiro atoms. The van der Waals surface area contributed by atoms with E-state index in [1.807, 2.05) is 0 Å². The molecule has 6 nitrogen and oxygen atoms in total. The zero-order valence-corrected chi connectivity index (χ0v) is 13.6. The van der Waals surface area contributed by atoms with Gasteiger partial charge in [0.1, 0.15) is 5.82 Å². The third-order valence-electron chi connectivity index (χ3n) is 3.35. The van der Waals surface area contributed by atoms with Crippen molar-refractivity contribution in [1.82, 2.24) is 14.5 Å². The van der Waals surface area contributed by atoms with Crippen molar-refractivity contribution >= 4 is 15.7 Å². The standard InChI is InChI=1S/C14H13F4N3O3S/c1-20(8-11-19-6-7-21(11)13(15)16)12(22)9-2-4-10(5-3-9)25(23,24)14(17)18/h2-7,13-14H,8H2,1H3. The molecule has 1 heterocycles. The van der Waals surface area contributed by atoms with E-state index >= 15 is 0 Å². The van der Waals surface area contributed by atoms with Crippen LogP contribution >= 0.6 is 0 Å². The Bertz CT molecular complexity index is 850. The first-order valence-corrected chi connectivity index (χ1v) is 8.36. The molecule has 0 saturated carbocycles. The molecule has 0 unspecified atom stereocenters. The minimum absolute atomic E-state index is 0.0193. The van der Waals surface area contributed by atoms with Crippen LogP contribution in [0, 0.1) is 0 Å². The van der Waals surface area contributed by atoms with Crippen molar-refractivity contribution in [2.45, 2.75) is 23.7 Å². The normalized spacial score (nSPS) is 12.0. The molecule has 0 aliphatic carbocycles. The van der Waals surface area contributed by atoms with Gasteiger partial charge in [0.15, 0.2) is 0 Å². The maximum Gasteiger partial charge on any atom is 0.341 e. The lowest BCUT2D eigenvalue weighted by atomic mass is 10.2. The van der Waals surface area contributed by atoms with Crippen molar-refractivity contribution in [3.63, 3.8) is 0 Å². The van der Waals surface area contributed by atoms with Gasteiger partial charge in [-0.15, -0.1) is 0 Å². The number of imidazole rings is 1. The molecular formula is C14H13F4N3O3S. The van der Waals surface area contributed by atoms with Crippen LogP contribution in [0.5, 0.6) is 0 Å². The lowest BCUT2D eigenvalue weighted by Gasteiger charge is -2.18. The second-order valence-electron chi connectivity index (χ2n) is 5.02. The van der Waals surface area contributed by atoms with E-state index in [9.17, 15) is 30.8 Å². The van der Waals surface area contributed by atoms with Crippen LogP contribution in [0.15, 0.2) is 41.6 Å². The minimum atomic E-state index is -4.75. The molecule has 1 aromatic carbocycles. The van der Waals surface area contributed by atoms with Gasteiger partial charge in [0.2, 0.25) is 9.84 Å². The van der Waals surface area contributed by atoms with E-state index in [0.29, 0.717) is 4.57 Å². The highest BCUT2D eigenvalue weighted by molar-refractivity contribution is 7.91. The summed E-state index contributed by atoms with van der Waals surface area (Å²) >= 11 is 0. The Morgan fingerprint density at radius 2 is 1.80 bits per heavy atom. The molecule has 25 heavy (non-hydrogen) atoms. The van der Waals surface area contributed by atoms with Crippen molar-refractivity contribution < 1.29 is 30.8 Å². The quantitative estimate of drug-likeness (QED) is 0.723. The average molecular weight is 379 g/mol. The van der Waals surface area contributed by atoms with Crippen LogP contribution in [-0.2, 0) is 16.4 Å². The summed E-state index contributed by atoms with van der Waals surface area (Å²) in [7, 11) is -3.41. The van der Waals surface area contributed by atoms with Crippen LogP contribution in [0.25, 0.3) is 0 Å². The molecule has 0 N–H and O–H groups in total. The van der Waals surface area contributed by atoms with Crippen molar-refractivity contribution in [3.8, 4) is 0 Å². The van der Waals surface area contributed by atoms with Crippen LogP contribution in [0.3, 0.4) is 0 Å². The Hall–Kier alpha value is -2.43. The van der Waals surface area contributed by atoms with Crippen LogP contribution in [-0.4, -0.2) is 41.6 Å². The van der Waals surface area contributed by atoms with Gasteiger partial charge in [-0.1, -0.05) is 0 Å². The van der Waals surface area contributed by atoms with Crippen molar-refractivity contribution in [1.29, 1.82) is 0 Å². The number of carbonyl (C=O) groups excluding carboxylic acids is 1. The highest BCUT2D eigenvalue weighted by Crippen LogP contribution is 2.19. The average Bonchev–Trinajstić information content (AvgIpc) is 3.02. The zero-order valence-electron chi connectivity index (χ0n) is 12.8. The summed E-state index contributed by atoms with van der Waals surface area (Å²) < 4.78 is 73.7. The van der Waals surface area contributed by atoms with Crippen molar-refractivity contribution in [2.24, 2.45) is 0 Å². The molecule has 2 rings (SSSR count). The fourth-order valence-corrected chi connectivity index (χ4v) is 2.76. The van der Waals surface area contributed by atoms with Crippen molar-refractivity contribution in [3.05, 3.63) is 48.0 Å². The molecule has 0 fully saturated rings. The molecule has 1 amide bonds. The molecule has 136 valence electrons. The topological polar surface area (TPSA) is 72.3 Å². The van der Waals surface area contributed by atoms with Gasteiger partial charge >= 0.3 is 12.3 Å². The number of carbonyl (C=O) groups is 1. The third-order valence-corrected chi connectivity index (χ3v) is 4.75. The van der Waals surface area contributed by atoms with E-state index in [2.05, 4.69) is 4.98 Å². The van der Waals surface area contributed by atoms with E-state index in [0.717, 1.165) is 35.4 Å². The van der Waals surface area contributed by atoms with Crippen LogP contribution in [0.2, 0.25) is 0 Å². The van der Waals surface area contributed by atoms with Crippen LogP contribution in [0.4, 0.5) is 17.6 Å². The first-order chi connectivity index (χ1) is 11.6. The van der Waals surface area contributed by atoms with Crippen LogP contribution in [0.1, 0.15) is 22.7 Å². The molecule has 0 aliphatic rings. The van der Waals surface area contributed by atoms with Crippen molar-refractivity contribution in [2.75, 3.05) is 7.05 Å². The van der Waals surface area contributed by atoms with Gasteiger partial charge in [-0.25, -0.2) is 13.4 Å². The second kappa shape index (κ2) is 7.21. The van der Waals surface area contributed by atoms with Gasteiger partial charge in [-0.2, -0.15) is 17.6 Å². The monoisotopic (exact) mass is 379 g/mol. The fourth-order valence-electron chi connectivity index (χ4n) is 2.04. The second-order valence-corrected chi connectivity index (χ2v) is 6.94. The molecule has 0 radical (unpaired) electrons. The summed E-state index contributed by atoms with van der Waals surface area (Å²) in [6.07, 6.45) is 2.24. The van der Waals surface area contributed by atoms with E-state index in [1.165, 1.54) is 13.2 Å². The Balaban J connectivity index is 2.16. The number of sulfone groups is 1. The molecular weight excluding hydrogens is 366 g/mol. The Morgan fingerprint density at radius 1 is 1.20 bits per heavy atom. The number of alkyl halides is 4. The number of halogens is 4. The number of benzene rings is 1.